The fraction of sp³-hybridized carbons (Fsp3) is 0. The van der Waals surface area contributed by atoms with E-state index in [9.17, 15) is 9.59 Å². The molecule has 0 aliphatic heterocycles. The van der Waals surface area contributed by atoms with E-state index in [0.717, 1.165) is 44.5 Å². The lowest BCUT2D eigenvalue weighted by molar-refractivity contribution is 1.18. The first-order valence-electron chi connectivity index (χ1n) is 16.5. The van der Waals surface area contributed by atoms with Crippen LogP contribution in [-0.2, 0) is 0 Å². The van der Waals surface area contributed by atoms with Crippen LogP contribution in [0.4, 0.5) is 0 Å². The van der Waals surface area contributed by atoms with Crippen molar-refractivity contribution in [2.45, 2.75) is 0 Å². The van der Waals surface area contributed by atoms with Crippen LogP contribution in [0.2, 0.25) is 0 Å². The average Bonchev–Trinajstić information content (AvgIpc) is 3.67. The van der Waals surface area contributed by atoms with Crippen molar-refractivity contribution >= 4 is 81.7 Å². The van der Waals surface area contributed by atoms with E-state index in [1.807, 2.05) is 66.7 Å². The molecule has 0 unspecified atom stereocenters. The largest absolute Gasteiger partial charge is 0.309 e. The van der Waals surface area contributed by atoms with Gasteiger partial charge in [0.15, 0.2) is 10.9 Å². The van der Waals surface area contributed by atoms with E-state index in [4.69, 9.17) is 0 Å². The van der Waals surface area contributed by atoms with E-state index in [1.54, 1.807) is 0 Å². The van der Waals surface area contributed by atoms with Crippen LogP contribution >= 0.6 is 0 Å². The second-order valence-electron chi connectivity index (χ2n) is 12.8. The summed E-state index contributed by atoms with van der Waals surface area (Å²) in [6.07, 6.45) is 0. The van der Waals surface area contributed by atoms with Crippen molar-refractivity contribution in [2.24, 2.45) is 0 Å². The molecule has 0 amide bonds. The molecule has 0 radical (unpaired) electrons. The number of pyridine rings is 2. The van der Waals surface area contributed by atoms with Crippen LogP contribution in [0.25, 0.3) is 93.1 Å². The van der Waals surface area contributed by atoms with Crippen molar-refractivity contribution in [2.75, 3.05) is 0 Å². The van der Waals surface area contributed by atoms with Gasteiger partial charge in [-0.2, -0.15) is 0 Å². The first-order chi connectivity index (χ1) is 24.2. The van der Waals surface area contributed by atoms with E-state index in [1.165, 1.54) is 21.5 Å². The first-order valence-corrected chi connectivity index (χ1v) is 16.5. The third-order valence-corrected chi connectivity index (χ3v) is 10.4. The molecule has 7 aromatic carbocycles. The summed E-state index contributed by atoms with van der Waals surface area (Å²) in [5, 5.41) is 6.95. The van der Waals surface area contributed by atoms with Crippen molar-refractivity contribution in [3.8, 4) is 11.4 Å². The normalized spacial score (nSPS) is 12.2. The van der Waals surface area contributed by atoms with Gasteiger partial charge in [-0.15, -0.1) is 0 Å². The molecule has 0 bridgehead atoms. The molecular weight excluding hydrogens is 603 g/mol. The number of rotatable bonds is 2. The van der Waals surface area contributed by atoms with Crippen molar-refractivity contribution in [3.63, 3.8) is 0 Å². The zero-order chi connectivity index (χ0) is 32.4. The predicted molar refractivity (Wildman–Crippen MR) is 202 cm³/mol. The van der Waals surface area contributed by atoms with Crippen LogP contribution in [0.3, 0.4) is 0 Å². The highest BCUT2D eigenvalue weighted by Crippen LogP contribution is 2.36. The fourth-order valence-corrected chi connectivity index (χ4v) is 8.29. The molecule has 0 aliphatic rings. The third kappa shape index (κ3) is 3.38. The van der Waals surface area contributed by atoms with Crippen LogP contribution in [0.5, 0.6) is 0 Å². The highest BCUT2D eigenvalue weighted by molar-refractivity contribution is 6.12. The maximum atomic E-state index is 14.3. The molecule has 228 valence electrons. The van der Waals surface area contributed by atoms with E-state index in [0.29, 0.717) is 27.1 Å². The summed E-state index contributed by atoms with van der Waals surface area (Å²) in [4.78, 5) is 28.6. The van der Waals surface area contributed by atoms with E-state index < -0.39 is 0 Å². The highest BCUT2D eigenvalue weighted by Gasteiger charge is 2.20. The van der Waals surface area contributed by atoms with Crippen molar-refractivity contribution < 1.29 is 0 Å². The Balaban J connectivity index is 1.24. The summed E-state index contributed by atoms with van der Waals surface area (Å²) in [5.41, 5.74) is 8.21. The zero-order valence-electron chi connectivity index (χ0n) is 26.1. The molecule has 49 heavy (non-hydrogen) atoms. The van der Waals surface area contributed by atoms with Gasteiger partial charge in [0.25, 0.3) is 0 Å². The lowest BCUT2D eigenvalue weighted by Crippen LogP contribution is -2.14. The van der Waals surface area contributed by atoms with Crippen LogP contribution in [-0.4, -0.2) is 13.5 Å². The molecule has 0 atom stereocenters. The maximum Gasteiger partial charge on any atom is 0.197 e. The summed E-state index contributed by atoms with van der Waals surface area (Å²) in [7, 11) is 0. The molecule has 0 N–H and O–H groups in total. The molecule has 4 heterocycles. The molecule has 5 heteroatoms. The Bertz CT molecular complexity index is 3000. The summed E-state index contributed by atoms with van der Waals surface area (Å²) >= 11 is 0. The molecule has 0 spiro atoms. The standard InChI is InChI=1S/C44H25N3O2/c48-43-32-14-9-15-33-42(32)47(40-22-20-26(24-34(40)43)45-36-16-5-1-10-28(36)29-11-2-6-17-37(29)45)41-23-21-27(25-35(41)44(33)49)46-38-18-7-3-12-30(38)31-13-4-8-19-39(31)46/h1-25H. The Morgan fingerprint density at radius 3 is 1.04 bits per heavy atom. The van der Waals surface area contributed by atoms with E-state index >= 15 is 0 Å². The second kappa shape index (κ2) is 9.43. The zero-order valence-corrected chi connectivity index (χ0v) is 26.1. The maximum absolute atomic E-state index is 14.3. The Labute approximate surface area is 278 Å². The number of fused-ring (bicyclic) bond motifs is 10. The molecule has 0 fully saturated rings. The van der Waals surface area contributed by atoms with Gasteiger partial charge in [0.1, 0.15) is 0 Å². The Morgan fingerprint density at radius 1 is 0.306 bits per heavy atom. The van der Waals surface area contributed by atoms with Gasteiger partial charge < -0.3 is 13.5 Å². The molecule has 11 rings (SSSR count). The van der Waals surface area contributed by atoms with Crippen LogP contribution in [0.15, 0.2) is 161 Å². The van der Waals surface area contributed by atoms with Gasteiger partial charge in [-0.25, -0.2) is 0 Å². The quantitative estimate of drug-likeness (QED) is 0.142. The van der Waals surface area contributed by atoms with Crippen molar-refractivity contribution in [1.29, 1.82) is 0 Å². The van der Waals surface area contributed by atoms with Crippen LogP contribution in [0, 0.1) is 0 Å². The molecular formula is C44H25N3O2. The lowest BCUT2D eigenvalue weighted by atomic mass is 10.0. The Morgan fingerprint density at radius 2 is 0.653 bits per heavy atom. The predicted octanol–water partition coefficient (Wildman–Crippen LogP) is 9.75. The summed E-state index contributed by atoms with van der Waals surface area (Å²) < 4.78 is 6.58. The number of hydrogen-bond acceptors (Lipinski definition) is 2. The third-order valence-electron chi connectivity index (χ3n) is 10.4. The van der Waals surface area contributed by atoms with Crippen LogP contribution < -0.4 is 10.9 Å². The number of benzene rings is 7. The minimum atomic E-state index is -0.0798. The van der Waals surface area contributed by atoms with E-state index in [-0.39, 0.29) is 10.9 Å². The van der Waals surface area contributed by atoms with Gasteiger partial charge in [-0.3, -0.25) is 9.59 Å². The summed E-state index contributed by atoms with van der Waals surface area (Å²) in [6, 6.07) is 51.3. The average molecular weight is 628 g/mol. The van der Waals surface area contributed by atoms with Crippen molar-refractivity contribution in [3.05, 3.63) is 172 Å². The first kappa shape index (κ1) is 26.4. The topological polar surface area (TPSA) is 48.4 Å². The van der Waals surface area contributed by atoms with Crippen molar-refractivity contribution in [1.82, 2.24) is 13.5 Å². The lowest BCUT2D eigenvalue weighted by Gasteiger charge is -2.17. The number of hydrogen-bond donors (Lipinski definition) is 0. The summed E-state index contributed by atoms with van der Waals surface area (Å²) in [5.74, 6) is 0. The monoisotopic (exact) mass is 627 g/mol. The molecule has 0 aliphatic carbocycles. The second-order valence-corrected chi connectivity index (χ2v) is 12.8. The van der Waals surface area contributed by atoms with Gasteiger partial charge in [-0.05, 0) is 72.8 Å². The Hall–Kier alpha value is -6.72. The molecule has 4 aromatic heterocycles. The van der Waals surface area contributed by atoms with Gasteiger partial charge in [0.2, 0.25) is 0 Å². The molecule has 5 nitrogen and oxygen atoms in total. The minimum Gasteiger partial charge on any atom is -0.309 e. The minimum absolute atomic E-state index is 0.0798. The highest BCUT2D eigenvalue weighted by atomic mass is 16.1. The van der Waals surface area contributed by atoms with E-state index in [2.05, 4.69) is 98.5 Å². The van der Waals surface area contributed by atoms with Gasteiger partial charge in [0.05, 0.1) is 38.6 Å². The number of aromatic nitrogens is 3. The van der Waals surface area contributed by atoms with Gasteiger partial charge >= 0.3 is 0 Å². The smallest absolute Gasteiger partial charge is 0.197 e. The number of nitrogens with zero attached hydrogens (tertiary/aromatic N) is 3. The Kier molecular flexibility index (Phi) is 5.07. The molecule has 11 aromatic rings. The summed E-state index contributed by atoms with van der Waals surface area (Å²) in [6.45, 7) is 0. The van der Waals surface area contributed by atoms with Gasteiger partial charge in [0, 0.05) is 54.5 Å². The fourth-order valence-electron chi connectivity index (χ4n) is 8.29. The SMILES string of the molecule is O=c1c2cc(-n3c4ccccc4c4ccccc43)ccc2n2c3ccc(-n4c5ccccc5c5ccccc54)cc3c(=O)c3cccc1c32. The molecule has 0 saturated carbocycles. The van der Waals surface area contributed by atoms with Crippen LogP contribution in [0.1, 0.15) is 0 Å². The van der Waals surface area contributed by atoms with Gasteiger partial charge in [-0.1, -0.05) is 78.9 Å². The number of para-hydroxylation sites is 5. The molecule has 0 saturated heterocycles.